The van der Waals surface area contributed by atoms with Crippen LogP contribution in [0.25, 0.3) is 0 Å². The summed E-state index contributed by atoms with van der Waals surface area (Å²) in [6.07, 6.45) is 3.00. The fraction of sp³-hybridized carbons (Fsp3) is 0.538. The molecule has 2 heterocycles. The molecule has 2 unspecified atom stereocenters. The Morgan fingerprint density at radius 1 is 1.26 bits per heavy atom. The molecule has 104 valence electrons. The molecule has 1 N–H and O–H groups in total. The van der Waals surface area contributed by atoms with Gasteiger partial charge >= 0.3 is 0 Å². The molecule has 0 spiro atoms. The van der Waals surface area contributed by atoms with Crippen molar-refractivity contribution in [3.8, 4) is 0 Å². The van der Waals surface area contributed by atoms with Gasteiger partial charge in [-0.2, -0.15) is 0 Å². The number of nitrogens with one attached hydrogen (secondary N) is 1. The van der Waals surface area contributed by atoms with E-state index in [1.165, 1.54) is 18.2 Å². The Kier molecular flexibility index (Phi) is 3.32. The predicted octanol–water partition coefficient (Wildman–Crippen LogP) is 1.34. The van der Waals surface area contributed by atoms with E-state index in [2.05, 4.69) is 9.62 Å². The molecule has 1 aromatic carbocycles. The second kappa shape index (κ2) is 4.85. The molecule has 2 saturated heterocycles. The first-order valence-corrected chi connectivity index (χ1v) is 8.06. The van der Waals surface area contributed by atoms with Crippen molar-refractivity contribution in [2.75, 3.05) is 13.1 Å². The zero-order valence-electron chi connectivity index (χ0n) is 10.5. The van der Waals surface area contributed by atoms with Gasteiger partial charge < -0.3 is 0 Å². The minimum Gasteiger partial charge on any atom is -0.299 e. The van der Waals surface area contributed by atoms with Crippen LogP contribution in [-0.4, -0.2) is 38.5 Å². The lowest BCUT2D eigenvalue weighted by molar-refractivity contribution is 0.309. The zero-order chi connectivity index (χ0) is 13.5. The summed E-state index contributed by atoms with van der Waals surface area (Å²) in [5.41, 5.74) is 0. The van der Waals surface area contributed by atoms with E-state index in [-0.39, 0.29) is 10.9 Å². The number of fused-ring (bicyclic) bond motifs is 1. The standard InChI is InChI=1S/C13H17FN2O2S/c14-10-3-1-4-11(9-10)19(17,18)15-12-6-8-16-7-2-5-13(12)16/h1,3-4,9,12-13,15H,2,5-8H2. The molecular formula is C13H17FN2O2S. The lowest BCUT2D eigenvalue weighted by Crippen LogP contribution is -2.42. The Hall–Kier alpha value is -0.980. The maximum absolute atomic E-state index is 13.1. The highest BCUT2D eigenvalue weighted by atomic mass is 32.2. The number of hydrogen-bond acceptors (Lipinski definition) is 3. The second-order valence-electron chi connectivity index (χ2n) is 5.22. The van der Waals surface area contributed by atoms with Gasteiger partial charge in [0.25, 0.3) is 0 Å². The first-order chi connectivity index (χ1) is 9.06. The van der Waals surface area contributed by atoms with E-state index in [0.717, 1.165) is 38.4 Å². The minimum absolute atomic E-state index is 0.00365. The summed E-state index contributed by atoms with van der Waals surface area (Å²) < 4.78 is 40.3. The molecule has 0 bridgehead atoms. The molecule has 0 amide bonds. The van der Waals surface area contributed by atoms with Crippen molar-refractivity contribution in [1.29, 1.82) is 0 Å². The van der Waals surface area contributed by atoms with Crippen molar-refractivity contribution in [2.24, 2.45) is 0 Å². The monoisotopic (exact) mass is 284 g/mol. The average molecular weight is 284 g/mol. The number of nitrogens with zero attached hydrogens (tertiary/aromatic N) is 1. The van der Waals surface area contributed by atoms with Gasteiger partial charge in [-0.05, 0) is 44.0 Å². The van der Waals surface area contributed by atoms with Crippen LogP contribution < -0.4 is 4.72 Å². The van der Waals surface area contributed by atoms with E-state index in [1.807, 2.05) is 0 Å². The summed E-state index contributed by atoms with van der Waals surface area (Å²) in [6, 6.07) is 5.41. The Morgan fingerprint density at radius 3 is 2.89 bits per heavy atom. The molecule has 0 radical (unpaired) electrons. The molecule has 2 aliphatic rings. The third-order valence-corrected chi connectivity index (χ3v) is 5.51. The van der Waals surface area contributed by atoms with Crippen LogP contribution in [0.1, 0.15) is 19.3 Å². The number of halogens is 1. The van der Waals surface area contributed by atoms with E-state index in [9.17, 15) is 12.8 Å². The summed E-state index contributed by atoms with van der Waals surface area (Å²) in [6.45, 7) is 2.00. The third kappa shape index (κ3) is 2.52. The largest absolute Gasteiger partial charge is 0.299 e. The van der Waals surface area contributed by atoms with E-state index < -0.39 is 15.8 Å². The van der Waals surface area contributed by atoms with Gasteiger partial charge in [-0.3, -0.25) is 4.90 Å². The van der Waals surface area contributed by atoms with Gasteiger partial charge in [0, 0.05) is 18.6 Å². The zero-order valence-corrected chi connectivity index (χ0v) is 11.4. The first-order valence-electron chi connectivity index (χ1n) is 6.58. The molecule has 3 rings (SSSR count). The lowest BCUT2D eigenvalue weighted by atomic mass is 10.1. The van der Waals surface area contributed by atoms with E-state index in [4.69, 9.17) is 0 Å². The maximum Gasteiger partial charge on any atom is 0.240 e. The quantitative estimate of drug-likeness (QED) is 0.911. The van der Waals surface area contributed by atoms with Gasteiger partial charge in [-0.1, -0.05) is 6.07 Å². The van der Waals surface area contributed by atoms with Gasteiger partial charge in [0.15, 0.2) is 0 Å². The van der Waals surface area contributed by atoms with Crippen LogP contribution in [0.5, 0.6) is 0 Å². The van der Waals surface area contributed by atoms with Crippen LogP contribution in [0.2, 0.25) is 0 Å². The van der Waals surface area contributed by atoms with Gasteiger partial charge in [0.2, 0.25) is 10.0 Å². The molecule has 2 aliphatic heterocycles. The summed E-state index contributed by atoms with van der Waals surface area (Å²) in [7, 11) is -3.62. The summed E-state index contributed by atoms with van der Waals surface area (Å²) in [5, 5.41) is 0. The summed E-state index contributed by atoms with van der Waals surface area (Å²) >= 11 is 0. The smallest absolute Gasteiger partial charge is 0.240 e. The number of rotatable bonds is 3. The lowest BCUT2D eigenvalue weighted by Gasteiger charge is -2.21. The van der Waals surface area contributed by atoms with Crippen molar-refractivity contribution in [2.45, 2.75) is 36.2 Å². The fourth-order valence-corrected chi connectivity index (χ4v) is 4.46. The SMILES string of the molecule is O=S(=O)(NC1CCN2CCCC12)c1cccc(F)c1. The molecule has 2 atom stereocenters. The Morgan fingerprint density at radius 2 is 2.11 bits per heavy atom. The van der Waals surface area contributed by atoms with Crippen LogP contribution in [0.4, 0.5) is 4.39 Å². The van der Waals surface area contributed by atoms with Crippen LogP contribution >= 0.6 is 0 Å². The Balaban J connectivity index is 1.79. The second-order valence-corrected chi connectivity index (χ2v) is 6.93. The van der Waals surface area contributed by atoms with Crippen LogP contribution in [0, 0.1) is 5.82 Å². The number of benzene rings is 1. The van der Waals surface area contributed by atoms with Crippen molar-refractivity contribution in [3.05, 3.63) is 30.1 Å². The minimum atomic E-state index is -3.62. The van der Waals surface area contributed by atoms with Crippen molar-refractivity contribution >= 4 is 10.0 Å². The van der Waals surface area contributed by atoms with Gasteiger partial charge in [0.1, 0.15) is 5.82 Å². The molecule has 1 aromatic rings. The maximum atomic E-state index is 13.1. The van der Waals surface area contributed by atoms with Crippen LogP contribution in [-0.2, 0) is 10.0 Å². The van der Waals surface area contributed by atoms with Gasteiger partial charge in [-0.15, -0.1) is 0 Å². The molecule has 6 heteroatoms. The van der Waals surface area contributed by atoms with E-state index >= 15 is 0 Å². The normalized spacial score (nSPS) is 27.6. The molecule has 0 aromatic heterocycles. The number of hydrogen-bond donors (Lipinski definition) is 1. The molecule has 2 fully saturated rings. The first kappa shape index (κ1) is 13.0. The van der Waals surface area contributed by atoms with Crippen LogP contribution in [0.15, 0.2) is 29.2 Å². The molecule has 0 aliphatic carbocycles. The Labute approximate surface area is 112 Å². The van der Waals surface area contributed by atoms with Crippen molar-refractivity contribution < 1.29 is 12.8 Å². The highest BCUT2D eigenvalue weighted by Crippen LogP contribution is 2.28. The molecule has 4 nitrogen and oxygen atoms in total. The van der Waals surface area contributed by atoms with Gasteiger partial charge in [0.05, 0.1) is 4.90 Å². The molecule has 19 heavy (non-hydrogen) atoms. The van der Waals surface area contributed by atoms with Crippen molar-refractivity contribution in [3.63, 3.8) is 0 Å². The van der Waals surface area contributed by atoms with Crippen molar-refractivity contribution in [1.82, 2.24) is 9.62 Å². The number of sulfonamides is 1. The predicted molar refractivity (Wildman–Crippen MR) is 69.7 cm³/mol. The highest BCUT2D eigenvalue weighted by molar-refractivity contribution is 7.89. The molecule has 0 saturated carbocycles. The molecular weight excluding hydrogens is 267 g/mol. The third-order valence-electron chi connectivity index (χ3n) is 4.02. The Bertz CT molecular complexity index is 576. The average Bonchev–Trinajstić information content (AvgIpc) is 2.94. The topological polar surface area (TPSA) is 49.4 Å². The van der Waals surface area contributed by atoms with E-state index in [1.54, 1.807) is 0 Å². The van der Waals surface area contributed by atoms with Gasteiger partial charge in [-0.25, -0.2) is 17.5 Å². The fourth-order valence-electron chi connectivity index (χ4n) is 3.12. The van der Waals surface area contributed by atoms with Crippen LogP contribution in [0.3, 0.4) is 0 Å². The van der Waals surface area contributed by atoms with E-state index in [0.29, 0.717) is 6.04 Å². The summed E-state index contributed by atoms with van der Waals surface area (Å²) in [5.74, 6) is -0.531. The highest BCUT2D eigenvalue weighted by Gasteiger charge is 2.39. The summed E-state index contributed by atoms with van der Waals surface area (Å²) in [4.78, 5) is 2.34.